The maximum absolute atomic E-state index is 6.73. The number of methoxy groups -OCH3 is 2. The molecule has 0 aliphatic carbocycles. The molecule has 0 saturated heterocycles. The topological polar surface area (TPSA) is 101 Å². The second-order valence-corrected chi connectivity index (χ2v) is 6.60. The molecule has 2 heterocycles. The Balaban J connectivity index is 0.000000181. The van der Waals surface area contributed by atoms with Gasteiger partial charge in [0.15, 0.2) is 5.69 Å². The fourth-order valence-electron chi connectivity index (χ4n) is 2.76. The summed E-state index contributed by atoms with van der Waals surface area (Å²) in [5, 5.41) is 0. The van der Waals surface area contributed by atoms with Crippen LogP contribution in [-0.4, -0.2) is 30.7 Å². The summed E-state index contributed by atoms with van der Waals surface area (Å²) in [7, 11) is 3.26. The largest absolute Gasteiger partial charge is 0.497 e. The second kappa shape index (κ2) is 11.3. The summed E-state index contributed by atoms with van der Waals surface area (Å²) in [6.45, 7) is 7.56. The Hall–Kier alpha value is -4.09. The average molecular weight is 432 g/mol. The molecule has 2 aromatic carbocycles. The molecule has 0 aliphatic heterocycles. The highest BCUT2D eigenvalue weighted by Gasteiger charge is 2.08. The summed E-state index contributed by atoms with van der Waals surface area (Å²) in [5.41, 5.74) is 8.79. The van der Waals surface area contributed by atoms with Crippen LogP contribution < -0.4 is 15.2 Å². The highest BCUT2D eigenvalue weighted by atomic mass is 16.5. The van der Waals surface area contributed by atoms with Crippen molar-refractivity contribution >= 4 is 0 Å². The van der Waals surface area contributed by atoms with Crippen molar-refractivity contribution in [2.24, 2.45) is 5.73 Å². The number of ether oxygens (including phenoxy) is 2. The van der Waals surface area contributed by atoms with Crippen molar-refractivity contribution < 1.29 is 18.3 Å². The van der Waals surface area contributed by atoms with Crippen molar-refractivity contribution in [3.63, 3.8) is 0 Å². The molecule has 8 nitrogen and oxygen atoms in total. The predicted octanol–water partition coefficient (Wildman–Crippen LogP) is 4.62. The zero-order chi connectivity index (χ0) is 22.8. The third-order valence-electron chi connectivity index (χ3n) is 4.42. The van der Waals surface area contributed by atoms with Crippen molar-refractivity contribution in [1.82, 2.24) is 9.97 Å². The monoisotopic (exact) mass is 432 g/mol. The van der Waals surface area contributed by atoms with Crippen LogP contribution in [0.3, 0.4) is 0 Å². The standard InChI is InChI=1S/C12H10N2O2.C12H14N2O2/c1-13-7-10-8-16-12(14-10)9-3-5-11(15-2)6-4-9;1-15-11-4-2-9(3-5-11)12-14-10(6-7-13)8-16-12/h3-6,8H,7H2,2H3;2-5,8H,6-7,13H2,1H3. The van der Waals surface area contributed by atoms with Crippen LogP contribution in [0, 0.1) is 6.57 Å². The van der Waals surface area contributed by atoms with Crippen molar-refractivity contribution in [1.29, 1.82) is 0 Å². The van der Waals surface area contributed by atoms with Gasteiger partial charge in [0.25, 0.3) is 6.54 Å². The molecule has 2 aromatic heterocycles. The molecule has 0 atom stereocenters. The zero-order valence-corrected chi connectivity index (χ0v) is 17.9. The molecule has 4 rings (SSSR count). The quantitative estimate of drug-likeness (QED) is 0.425. The fraction of sp³-hybridized carbons (Fsp3) is 0.208. The lowest BCUT2D eigenvalue weighted by Crippen LogP contribution is -2.02. The number of rotatable bonds is 7. The minimum absolute atomic E-state index is 0.250. The van der Waals surface area contributed by atoms with Gasteiger partial charge in [-0.1, -0.05) is 0 Å². The maximum Gasteiger partial charge on any atom is 0.259 e. The summed E-state index contributed by atoms with van der Waals surface area (Å²) in [6, 6.07) is 15.0. The number of hydrogen-bond acceptors (Lipinski definition) is 7. The Kier molecular flexibility index (Phi) is 8.01. The number of hydrogen-bond donors (Lipinski definition) is 1. The van der Waals surface area contributed by atoms with E-state index in [4.69, 9.17) is 30.6 Å². The third kappa shape index (κ3) is 5.97. The van der Waals surface area contributed by atoms with Crippen LogP contribution in [-0.2, 0) is 13.0 Å². The minimum Gasteiger partial charge on any atom is -0.497 e. The van der Waals surface area contributed by atoms with Crippen LogP contribution in [0.1, 0.15) is 11.4 Å². The Morgan fingerprint density at radius 2 is 1.28 bits per heavy atom. The van der Waals surface area contributed by atoms with Gasteiger partial charge in [-0.25, -0.2) is 16.5 Å². The van der Waals surface area contributed by atoms with E-state index in [0.717, 1.165) is 34.7 Å². The molecular weight excluding hydrogens is 408 g/mol. The average Bonchev–Trinajstić information content (AvgIpc) is 3.50. The lowest BCUT2D eigenvalue weighted by molar-refractivity contribution is 0.414. The number of nitrogens with zero attached hydrogens (tertiary/aromatic N) is 3. The van der Waals surface area contributed by atoms with Gasteiger partial charge in [0, 0.05) is 17.5 Å². The molecule has 0 aliphatic rings. The Morgan fingerprint density at radius 3 is 1.72 bits per heavy atom. The smallest absolute Gasteiger partial charge is 0.259 e. The van der Waals surface area contributed by atoms with Crippen molar-refractivity contribution in [2.45, 2.75) is 13.0 Å². The van der Waals surface area contributed by atoms with E-state index in [2.05, 4.69) is 14.8 Å². The number of oxazole rings is 2. The zero-order valence-electron chi connectivity index (χ0n) is 17.9. The second-order valence-electron chi connectivity index (χ2n) is 6.60. The van der Waals surface area contributed by atoms with E-state index in [9.17, 15) is 0 Å². The first-order chi connectivity index (χ1) is 15.7. The summed E-state index contributed by atoms with van der Waals surface area (Å²) in [6.07, 6.45) is 3.89. The van der Waals surface area contributed by atoms with E-state index in [-0.39, 0.29) is 6.54 Å². The van der Waals surface area contributed by atoms with Crippen LogP contribution >= 0.6 is 0 Å². The van der Waals surface area contributed by atoms with Gasteiger partial charge < -0.3 is 28.9 Å². The van der Waals surface area contributed by atoms with E-state index in [1.54, 1.807) is 20.5 Å². The van der Waals surface area contributed by atoms with E-state index in [1.807, 2.05) is 48.5 Å². The van der Waals surface area contributed by atoms with Gasteiger partial charge in [-0.2, -0.15) is 0 Å². The number of aromatic nitrogens is 2. The van der Waals surface area contributed by atoms with Gasteiger partial charge in [0.1, 0.15) is 24.0 Å². The Morgan fingerprint density at radius 1 is 0.812 bits per heavy atom. The molecular formula is C24H24N4O4. The van der Waals surface area contributed by atoms with Crippen LogP contribution in [0.5, 0.6) is 11.5 Å². The molecule has 4 aromatic rings. The first kappa shape index (κ1) is 22.6. The van der Waals surface area contributed by atoms with Gasteiger partial charge in [-0.15, -0.1) is 0 Å². The SMILES string of the molecule is COc1ccc(-c2nc(CCN)co2)cc1.[C-]#[N+]Cc1coc(-c2ccc(OC)cc2)n1. The van der Waals surface area contributed by atoms with E-state index >= 15 is 0 Å². The molecule has 0 saturated carbocycles. The van der Waals surface area contributed by atoms with Gasteiger partial charge in [0.05, 0.1) is 19.9 Å². The number of nitrogens with two attached hydrogens (primary N) is 1. The van der Waals surface area contributed by atoms with Crippen LogP contribution in [0.15, 0.2) is 69.9 Å². The molecule has 0 bridgehead atoms. The van der Waals surface area contributed by atoms with Gasteiger partial charge >= 0.3 is 0 Å². The van der Waals surface area contributed by atoms with Gasteiger partial charge in [-0.05, 0) is 55.1 Å². The maximum atomic E-state index is 6.73. The highest BCUT2D eigenvalue weighted by Crippen LogP contribution is 2.22. The molecule has 0 fully saturated rings. The molecule has 0 spiro atoms. The van der Waals surface area contributed by atoms with Gasteiger partial charge in [-0.3, -0.25) is 0 Å². The summed E-state index contributed by atoms with van der Waals surface area (Å²) >= 11 is 0. The lowest BCUT2D eigenvalue weighted by atomic mass is 10.2. The van der Waals surface area contributed by atoms with Gasteiger partial charge in [0.2, 0.25) is 11.8 Å². The van der Waals surface area contributed by atoms with E-state index in [0.29, 0.717) is 24.0 Å². The molecule has 32 heavy (non-hydrogen) atoms. The molecule has 8 heteroatoms. The lowest BCUT2D eigenvalue weighted by Gasteiger charge is -1.99. The molecule has 164 valence electrons. The molecule has 2 N–H and O–H groups in total. The summed E-state index contributed by atoms with van der Waals surface area (Å²) < 4.78 is 20.8. The normalized spacial score (nSPS) is 10.1. The van der Waals surface area contributed by atoms with E-state index in [1.165, 1.54) is 6.26 Å². The van der Waals surface area contributed by atoms with Crippen LogP contribution in [0.25, 0.3) is 27.8 Å². The third-order valence-corrected chi connectivity index (χ3v) is 4.42. The van der Waals surface area contributed by atoms with Crippen molar-refractivity contribution in [3.05, 3.63) is 83.9 Å². The fourth-order valence-corrected chi connectivity index (χ4v) is 2.76. The molecule has 0 amide bonds. The predicted molar refractivity (Wildman–Crippen MR) is 120 cm³/mol. The first-order valence-corrected chi connectivity index (χ1v) is 9.87. The van der Waals surface area contributed by atoms with E-state index < -0.39 is 0 Å². The molecule has 0 radical (unpaired) electrons. The van der Waals surface area contributed by atoms with Crippen molar-refractivity contribution in [3.8, 4) is 34.4 Å². The van der Waals surface area contributed by atoms with Crippen LogP contribution in [0.4, 0.5) is 0 Å². The van der Waals surface area contributed by atoms with Crippen LogP contribution in [0.2, 0.25) is 0 Å². The Labute approximate surface area is 186 Å². The summed E-state index contributed by atoms with van der Waals surface area (Å²) in [5.74, 6) is 2.75. The number of benzene rings is 2. The highest BCUT2D eigenvalue weighted by molar-refractivity contribution is 5.55. The first-order valence-electron chi connectivity index (χ1n) is 9.87. The summed E-state index contributed by atoms with van der Waals surface area (Å²) in [4.78, 5) is 11.8. The van der Waals surface area contributed by atoms with Crippen molar-refractivity contribution in [2.75, 3.05) is 20.8 Å². The Bertz CT molecular complexity index is 1140. The minimum atomic E-state index is 0.250. The molecule has 0 unspecified atom stereocenters.